The Morgan fingerprint density at radius 1 is 1.17 bits per heavy atom. The summed E-state index contributed by atoms with van der Waals surface area (Å²) in [5.41, 5.74) is 2.32. The maximum Gasteiger partial charge on any atom is 0.285 e. The number of carbonyl (C=O) groups excluding carboxylic acids is 1. The average molecular weight is 673 g/mol. The number of fused-ring (bicyclic) bond motifs is 1. The highest BCUT2D eigenvalue weighted by molar-refractivity contribution is 7.89. The van der Waals surface area contributed by atoms with Crippen LogP contribution in [0.1, 0.15) is 65.1 Å². The van der Waals surface area contributed by atoms with E-state index in [0.29, 0.717) is 67.3 Å². The summed E-state index contributed by atoms with van der Waals surface area (Å²) in [5, 5.41) is 8.21. The Morgan fingerprint density at radius 3 is 2.54 bits per heavy atom. The van der Waals surface area contributed by atoms with Gasteiger partial charge in [0.2, 0.25) is 16.0 Å². The topological polar surface area (TPSA) is 153 Å². The van der Waals surface area contributed by atoms with Crippen molar-refractivity contribution in [3.63, 3.8) is 0 Å². The summed E-state index contributed by atoms with van der Waals surface area (Å²) in [6, 6.07) is 6.30. The predicted molar refractivity (Wildman–Crippen MR) is 172 cm³/mol. The van der Waals surface area contributed by atoms with Crippen molar-refractivity contribution in [2.45, 2.75) is 44.7 Å². The molecular formula is C30H34ClFN8O5S. The van der Waals surface area contributed by atoms with E-state index in [4.69, 9.17) is 21.3 Å². The van der Waals surface area contributed by atoms with Gasteiger partial charge in [0.25, 0.3) is 11.5 Å². The molecule has 2 aliphatic rings. The van der Waals surface area contributed by atoms with Crippen molar-refractivity contribution in [1.29, 1.82) is 0 Å². The number of halogens is 2. The number of nitrogens with one attached hydrogen (secondary N) is 2. The molecule has 1 atom stereocenters. The fourth-order valence-corrected chi connectivity index (χ4v) is 6.56. The lowest BCUT2D eigenvalue weighted by atomic mass is 9.93. The van der Waals surface area contributed by atoms with Crippen molar-refractivity contribution in [2.75, 3.05) is 42.8 Å². The molecule has 3 aromatic heterocycles. The van der Waals surface area contributed by atoms with Crippen LogP contribution >= 0.6 is 11.6 Å². The molecular weight excluding hydrogens is 639 g/mol. The first-order valence-corrected chi connectivity index (χ1v) is 17.1. The Bertz CT molecular complexity index is 2000. The quantitative estimate of drug-likeness (QED) is 0.266. The standard InChI is InChI=1S/C30H34ClFN8O5S/c1-16-11-20(17(2)33-23-5-6-24(31)34-27(23)28(41)37-46(4,43)44)26-21(12-16)29(42)38(3)30(35-26)39-9-7-18(8-10-39)25-22(32)13-40(36-25)19-14-45-15-19/h5-6,11-13,17-19,33H,7-10,14-15H2,1-4H3,(H,37,41)/t17-/m1/s1. The van der Waals surface area contributed by atoms with Crippen LogP contribution in [0.25, 0.3) is 10.9 Å². The summed E-state index contributed by atoms with van der Waals surface area (Å²) in [7, 11) is -2.16. The van der Waals surface area contributed by atoms with E-state index >= 15 is 0 Å². The Labute approximate surface area is 269 Å². The minimum Gasteiger partial charge on any atom is -0.377 e. The van der Waals surface area contributed by atoms with Gasteiger partial charge in [-0.15, -0.1) is 0 Å². The summed E-state index contributed by atoms with van der Waals surface area (Å²) in [6.45, 7) is 5.90. The first-order valence-electron chi connectivity index (χ1n) is 14.8. The molecule has 4 aromatic rings. The number of nitrogens with zero attached hydrogens (tertiary/aromatic N) is 6. The number of piperidine rings is 1. The number of rotatable bonds is 8. The molecule has 0 saturated carbocycles. The summed E-state index contributed by atoms with van der Waals surface area (Å²) in [5.74, 6) is -0.807. The molecule has 2 fully saturated rings. The van der Waals surface area contributed by atoms with Crippen molar-refractivity contribution in [2.24, 2.45) is 7.05 Å². The molecule has 244 valence electrons. The SMILES string of the molecule is Cc1cc([C@@H](C)Nc2ccc(Cl)nc2C(=O)NS(C)(=O)=O)c2nc(N3CCC(c4nn(C5COC5)cc4F)CC3)n(C)c(=O)c2c1. The normalized spacial score (nSPS) is 16.8. The molecule has 2 saturated heterocycles. The number of anilines is 2. The van der Waals surface area contributed by atoms with Gasteiger partial charge < -0.3 is 15.0 Å². The van der Waals surface area contributed by atoms with Crippen molar-refractivity contribution in [1.82, 2.24) is 29.0 Å². The monoisotopic (exact) mass is 672 g/mol. The minimum absolute atomic E-state index is 0.0143. The average Bonchev–Trinajstić information content (AvgIpc) is 3.34. The van der Waals surface area contributed by atoms with Crippen LogP contribution in [0, 0.1) is 12.7 Å². The van der Waals surface area contributed by atoms with Gasteiger partial charge in [-0.2, -0.15) is 5.10 Å². The van der Waals surface area contributed by atoms with E-state index in [1.54, 1.807) is 17.8 Å². The lowest BCUT2D eigenvalue weighted by molar-refractivity contribution is -0.0289. The Kier molecular flexibility index (Phi) is 8.50. The molecule has 2 N–H and O–H groups in total. The van der Waals surface area contributed by atoms with Gasteiger partial charge in [-0.1, -0.05) is 17.7 Å². The van der Waals surface area contributed by atoms with Crippen molar-refractivity contribution >= 4 is 50.1 Å². The van der Waals surface area contributed by atoms with Gasteiger partial charge in [0.05, 0.1) is 54.3 Å². The molecule has 13 nitrogen and oxygen atoms in total. The van der Waals surface area contributed by atoms with Crippen LogP contribution < -0.4 is 20.5 Å². The molecule has 46 heavy (non-hydrogen) atoms. The van der Waals surface area contributed by atoms with Gasteiger partial charge in [0.15, 0.2) is 11.5 Å². The minimum atomic E-state index is -3.85. The van der Waals surface area contributed by atoms with Gasteiger partial charge in [-0.05, 0) is 50.5 Å². The molecule has 1 amide bonds. The molecule has 0 spiro atoms. The summed E-state index contributed by atoms with van der Waals surface area (Å²) >= 11 is 6.03. The Hall–Kier alpha value is -4.08. The van der Waals surface area contributed by atoms with Gasteiger partial charge >= 0.3 is 0 Å². The zero-order valence-electron chi connectivity index (χ0n) is 25.8. The highest BCUT2D eigenvalue weighted by Crippen LogP contribution is 2.33. The van der Waals surface area contributed by atoms with E-state index < -0.39 is 22.0 Å². The maximum absolute atomic E-state index is 14.8. The van der Waals surface area contributed by atoms with Crippen molar-refractivity contribution in [3.05, 3.63) is 74.3 Å². The number of pyridine rings is 1. The predicted octanol–water partition coefficient (Wildman–Crippen LogP) is 3.44. The summed E-state index contributed by atoms with van der Waals surface area (Å²) in [4.78, 5) is 37.5. The van der Waals surface area contributed by atoms with Crippen LogP contribution in [-0.4, -0.2) is 71.2 Å². The van der Waals surface area contributed by atoms with Gasteiger partial charge in [0.1, 0.15) is 10.8 Å². The molecule has 0 unspecified atom stereocenters. The maximum atomic E-state index is 14.8. The first kappa shape index (κ1) is 31.9. The highest BCUT2D eigenvalue weighted by Gasteiger charge is 2.30. The van der Waals surface area contributed by atoms with Crippen LogP contribution in [0.2, 0.25) is 5.15 Å². The fourth-order valence-electron chi connectivity index (χ4n) is 5.98. The second-order valence-corrected chi connectivity index (χ2v) is 14.1. The molecule has 2 aliphatic heterocycles. The number of amides is 1. The van der Waals surface area contributed by atoms with Crippen LogP contribution in [0.4, 0.5) is 16.0 Å². The smallest absolute Gasteiger partial charge is 0.285 e. The first-order chi connectivity index (χ1) is 21.8. The van der Waals surface area contributed by atoms with Gasteiger partial charge in [-0.3, -0.25) is 18.8 Å². The summed E-state index contributed by atoms with van der Waals surface area (Å²) < 4.78 is 48.6. The zero-order valence-corrected chi connectivity index (χ0v) is 27.3. The molecule has 0 radical (unpaired) electrons. The van der Waals surface area contributed by atoms with Crippen LogP contribution in [0.15, 0.2) is 35.3 Å². The molecule has 1 aromatic carbocycles. The number of aromatic nitrogens is 5. The second kappa shape index (κ2) is 12.3. The number of benzene rings is 1. The third kappa shape index (κ3) is 6.31. The molecule has 0 aliphatic carbocycles. The third-order valence-corrected chi connectivity index (χ3v) is 9.16. The van der Waals surface area contributed by atoms with Crippen molar-refractivity contribution in [3.8, 4) is 0 Å². The highest BCUT2D eigenvalue weighted by atomic mass is 35.5. The van der Waals surface area contributed by atoms with E-state index in [0.717, 1.165) is 11.8 Å². The number of hydrogen-bond donors (Lipinski definition) is 2. The number of hydrogen-bond acceptors (Lipinski definition) is 10. The van der Waals surface area contributed by atoms with E-state index in [-0.39, 0.29) is 39.9 Å². The number of ether oxygens (including phenoxy) is 1. The van der Waals surface area contributed by atoms with E-state index in [2.05, 4.69) is 15.4 Å². The number of carbonyl (C=O) groups is 1. The second-order valence-electron chi connectivity index (χ2n) is 11.9. The molecule has 16 heteroatoms. The summed E-state index contributed by atoms with van der Waals surface area (Å²) in [6.07, 6.45) is 3.60. The van der Waals surface area contributed by atoms with Crippen LogP contribution in [0.3, 0.4) is 0 Å². The lowest BCUT2D eigenvalue weighted by Crippen LogP contribution is -2.38. The fraction of sp³-hybridized carbons (Fsp3) is 0.433. The van der Waals surface area contributed by atoms with Gasteiger partial charge in [0, 0.05) is 31.6 Å². The largest absolute Gasteiger partial charge is 0.377 e. The third-order valence-electron chi connectivity index (χ3n) is 8.40. The molecule has 6 rings (SSSR count). The van der Waals surface area contributed by atoms with Crippen molar-refractivity contribution < 1.29 is 22.3 Å². The Balaban J connectivity index is 1.29. The van der Waals surface area contributed by atoms with E-state index in [9.17, 15) is 22.4 Å². The zero-order chi connectivity index (χ0) is 32.9. The van der Waals surface area contributed by atoms with Crippen LogP contribution in [0.5, 0.6) is 0 Å². The lowest BCUT2D eigenvalue weighted by Gasteiger charge is -2.33. The van der Waals surface area contributed by atoms with Crippen LogP contribution in [-0.2, 0) is 21.8 Å². The molecule has 5 heterocycles. The number of sulfonamides is 1. The Morgan fingerprint density at radius 2 is 1.89 bits per heavy atom. The molecule has 0 bridgehead atoms. The van der Waals surface area contributed by atoms with E-state index in [1.165, 1.54) is 22.9 Å². The van der Waals surface area contributed by atoms with E-state index in [1.807, 2.05) is 29.5 Å². The van der Waals surface area contributed by atoms with Gasteiger partial charge in [-0.25, -0.2) is 27.5 Å². The number of aryl methyl sites for hydroxylation is 1.